The Balaban J connectivity index is 1.71. The van der Waals surface area contributed by atoms with Crippen LogP contribution in [0.5, 0.6) is 0 Å². The summed E-state index contributed by atoms with van der Waals surface area (Å²) in [5.41, 5.74) is 6.64. The van der Waals surface area contributed by atoms with Crippen molar-refractivity contribution in [2.75, 3.05) is 13.1 Å². The molecule has 2 N–H and O–H groups in total. The van der Waals surface area contributed by atoms with Gasteiger partial charge in [0.2, 0.25) is 5.89 Å². The molecule has 2 aromatic rings. The molecule has 2 heterocycles. The third-order valence-electron chi connectivity index (χ3n) is 3.87. The second kappa shape index (κ2) is 7.14. The van der Waals surface area contributed by atoms with Crippen molar-refractivity contribution in [3.8, 4) is 0 Å². The number of thioether (sulfide) groups is 1. The van der Waals surface area contributed by atoms with Gasteiger partial charge in [-0.1, -0.05) is 17.3 Å². The maximum Gasteiger partial charge on any atom is 0.254 e. The van der Waals surface area contributed by atoms with Crippen LogP contribution in [0.15, 0.2) is 33.7 Å². The molecule has 1 aromatic heterocycles. The third kappa shape index (κ3) is 3.92. The Hall–Kier alpha value is -1.86. The summed E-state index contributed by atoms with van der Waals surface area (Å²) in [5, 5.41) is 3.78. The van der Waals surface area contributed by atoms with Crippen molar-refractivity contribution in [2.24, 2.45) is 5.73 Å². The molecule has 0 radical (unpaired) electrons. The lowest BCUT2D eigenvalue weighted by Gasteiger charge is -2.30. The molecule has 0 bridgehead atoms. The summed E-state index contributed by atoms with van der Waals surface area (Å²) in [5.74, 6) is 1.81. The number of rotatable bonds is 4. The van der Waals surface area contributed by atoms with Crippen LogP contribution >= 0.6 is 11.8 Å². The summed E-state index contributed by atoms with van der Waals surface area (Å²) in [4.78, 5) is 19.8. The monoisotopic (exact) mass is 332 g/mol. The first-order chi connectivity index (χ1) is 11.1. The zero-order chi connectivity index (χ0) is 16.2. The maximum atomic E-state index is 12.8. The van der Waals surface area contributed by atoms with Crippen molar-refractivity contribution < 1.29 is 9.32 Å². The van der Waals surface area contributed by atoms with E-state index >= 15 is 0 Å². The van der Waals surface area contributed by atoms with Crippen LogP contribution in [0.25, 0.3) is 0 Å². The largest absolute Gasteiger partial charge is 0.338 e. The summed E-state index contributed by atoms with van der Waals surface area (Å²) in [6.45, 7) is 3.24. The van der Waals surface area contributed by atoms with E-state index in [1.807, 2.05) is 29.2 Å². The number of hydrogen-bond donors (Lipinski definition) is 1. The van der Waals surface area contributed by atoms with Gasteiger partial charge in [0, 0.05) is 24.0 Å². The van der Waals surface area contributed by atoms with Gasteiger partial charge in [0.25, 0.3) is 5.91 Å². The summed E-state index contributed by atoms with van der Waals surface area (Å²) in [6, 6.07) is 7.87. The topological polar surface area (TPSA) is 85.2 Å². The minimum absolute atomic E-state index is 0.0710. The number of benzene rings is 1. The third-order valence-corrected chi connectivity index (χ3v) is 4.92. The van der Waals surface area contributed by atoms with Crippen molar-refractivity contribution in [2.45, 2.75) is 36.5 Å². The molecular weight excluding hydrogens is 312 g/mol. The molecule has 6 nitrogen and oxygen atoms in total. The number of likely N-dealkylation sites (tertiary alicyclic amines) is 1. The van der Waals surface area contributed by atoms with E-state index in [1.165, 1.54) is 11.8 Å². The first-order valence-electron chi connectivity index (χ1n) is 7.69. The van der Waals surface area contributed by atoms with E-state index in [4.69, 9.17) is 10.3 Å². The second-order valence-electron chi connectivity index (χ2n) is 5.65. The lowest BCUT2D eigenvalue weighted by Crippen LogP contribution is -2.43. The molecule has 3 rings (SSSR count). The highest BCUT2D eigenvalue weighted by Crippen LogP contribution is 2.27. The Bertz CT molecular complexity index is 680. The van der Waals surface area contributed by atoms with Gasteiger partial charge in [0.05, 0.1) is 11.3 Å². The molecule has 23 heavy (non-hydrogen) atoms. The maximum absolute atomic E-state index is 12.8. The average molecular weight is 332 g/mol. The van der Waals surface area contributed by atoms with Gasteiger partial charge in [-0.15, -0.1) is 11.8 Å². The van der Waals surface area contributed by atoms with Crippen LogP contribution in [0.4, 0.5) is 0 Å². The highest BCUT2D eigenvalue weighted by Gasteiger charge is 2.23. The molecule has 0 saturated carbocycles. The SMILES string of the molecule is Cc1noc(CSc2ccccc2C(=O)N2CCC(N)CC2)n1. The van der Waals surface area contributed by atoms with Gasteiger partial charge in [-0.25, -0.2) is 0 Å². The van der Waals surface area contributed by atoms with E-state index in [9.17, 15) is 4.79 Å². The smallest absolute Gasteiger partial charge is 0.254 e. The van der Waals surface area contributed by atoms with Gasteiger partial charge in [-0.2, -0.15) is 4.98 Å². The van der Waals surface area contributed by atoms with Crippen molar-refractivity contribution in [1.82, 2.24) is 15.0 Å². The summed E-state index contributed by atoms with van der Waals surface area (Å²) in [6.07, 6.45) is 1.73. The zero-order valence-electron chi connectivity index (χ0n) is 13.1. The molecule has 122 valence electrons. The molecule has 7 heteroatoms. The molecule has 1 fully saturated rings. The molecular formula is C16H20N4O2S. The number of hydrogen-bond acceptors (Lipinski definition) is 6. The Morgan fingerprint density at radius 3 is 2.83 bits per heavy atom. The van der Waals surface area contributed by atoms with Crippen LogP contribution in [0.3, 0.4) is 0 Å². The average Bonchev–Trinajstić information content (AvgIpc) is 2.99. The first-order valence-corrected chi connectivity index (χ1v) is 8.68. The van der Waals surface area contributed by atoms with Gasteiger partial charge < -0.3 is 15.2 Å². The Labute approximate surface area is 139 Å². The molecule has 0 atom stereocenters. The zero-order valence-corrected chi connectivity index (χ0v) is 13.9. The van der Waals surface area contributed by atoms with Crippen molar-refractivity contribution >= 4 is 17.7 Å². The Morgan fingerprint density at radius 1 is 1.39 bits per heavy atom. The predicted molar refractivity (Wildman–Crippen MR) is 88.2 cm³/mol. The normalized spacial score (nSPS) is 15.8. The molecule has 0 aliphatic carbocycles. The van der Waals surface area contributed by atoms with Crippen LogP contribution in [-0.4, -0.2) is 40.1 Å². The van der Waals surface area contributed by atoms with Crippen LogP contribution in [0.2, 0.25) is 0 Å². The number of nitrogens with two attached hydrogens (primary N) is 1. The Morgan fingerprint density at radius 2 is 2.13 bits per heavy atom. The quantitative estimate of drug-likeness (QED) is 0.864. The number of aryl methyl sites for hydroxylation is 1. The van der Waals surface area contributed by atoms with E-state index in [2.05, 4.69) is 10.1 Å². The highest BCUT2D eigenvalue weighted by molar-refractivity contribution is 7.98. The molecule has 0 spiro atoms. The van der Waals surface area contributed by atoms with E-state index in [1.54, 1.807) is 6.92 Å². The summed E-state index contributed by atoms with van der Waals surface area (Å²) < 4.78 is 5.12. The first kappa shape index (κ1) is 16.0. The number of piperidine rings is 1. The van der Waals surface area contributed by atoms with Gasteiger partial charge in [-0.3, -0.25) is 4.79 Å². The predicted octanol–water partition coefficient (Wildman–Crippen LogP) is 2.23. The molecule has 1 saturated heterocycles. The fraction of sp³-hybridized carbons (Fsp3) is 0.438. The van der Waals surface area contributed by atoms with E-state index < -0.39 is 0 Å². The molecule has 0 unspecified atom stereocenters. The highest BCUT2D eigenvalue weighted by atomic mass is 32.2. The number of carbonyl (C=O) groups is 1. The number of amides is 1. The molecule has 1 aromatic carbocycles. The molecule has 1 aliphatic heterocycles. The fourth-order valence-corrected chi connectivity index (χ4v) is 3.46. The van der Waals surface area contributed by atoms with Crippen LogP contribution in [-0.2, 0) is 5.75 Å². The van der Waals surface area contributed by atoms with Crippen LogP contribution < -0.4 is 5.73 Å². The van der Waals surface area contributed by atoms with Crippen molar-refractivity contribution in [1.29, 1.82) is 0 Å². The van der Waals surface area contributed by atoms with Gasteiger partial charge in [-0.05, 0) is 31.9 Å². The van der Waals surface area contributed by atoms with E-state index in [0.717, 1.165) is 36.4 Å². The van der Waals surface area contributed by atoms with Gasteiger partial charge in [0.1, 0.15) is 0 Å². The minimum atomic E-state index is 0.0710. The van der Waals surface area contributed by atoms with Crippen LogP contribution in [0.1, 0.15) is 34.9 Å². The van der Waals surface area contributed by atoms with Crippen LogP contribution in [0, 0.1) is 6.92 Å². The van der Waals surface area contributed by atoms with E-state index in [0.29, 0.717) is 17.5 Å². The number of carbonyl (C=O) groups excluding carboxylic acids is 1. The minimum Gasteiger partial charge on any atom is -0.338 e. The fourth-order valence-electron chi connectivity index (χ4n) is 2.58. The molecule has 1 aliphatic rings. The van der Waals surface area contributed by atoms with Gasteiger partial charge >= 0.3 is 0 Å². The lowest BCUT2D eigenvalue weighted by molar-refractivity contribution is 0.0711. The van der Waals surface area contributed by atoms with Gasteiger partial charge in [0.15, 0.2) is 5.82 Å². The van der Waals surface area contributed by atoms with E-state index in [-0.39, 0.29) is 11.9 Å². The Kier molecular flexibility index (Phi) is 4.97. The summed E-state index contributed by atoms with van der Waals surface area (Å²) >= 11 is 1.54. The number of nitrogens with zero attached hydrogens (tertiary/aromatic N) is 3. The summed E-state index contributed by atoms with van der Waals surface area (Å²) in [7, 11) is 0. The second-order valence-corrected chi connectivity index (χ2v) is 6.67. The van der Waals surface area contributed by atoms with Crippen molar-refractivity contribution in [3.63, 3.8) is 0 Å². The standard InChI is InChI=1S/C16H20N4O2S/c1-11-18-15(22-19-11)10-23-14-5-3-2-4-13(14)16(21)20-8-6-12(17)7-9-20/h2-5,12H,6-10,17H2,1H3. The number of aromatic nitrogens is 2. The lowest BCUT2D eigenvalue weighted by atomic mass is 10.0. The van der Waals surface area contributed by atoms with Crippen molar-refractivity contribution in [3.05, 3.63) is 41.5 Å². The molecule has 1 amide bonds.